The maximum Gasteiger partial charge on any atom is 0.0624 e. The van der Waals surface area contributed by atoms with Gasteiger partial charge in [0.15, 0.2) is 0 Å². The van der Waals surface area contributed by atoms with Crippen molar-refractivity contribution in [2.24, 2.45) is 0 Å². The quantitative estimate of drug-likeness (QED) is 0.145. The fourth-order valence-electron chi connectivity index (χ4n) is 9.70. The molecule has 12 rings (SSSR count). The number of hydrogen-bond donors (Lipinski definition) is 0. The molecule has 12 aromatic rings. The number of benzene rings is 12. The molecule has 1 heteroatoms. The Balaban J connectivity index is 1.08. The van der Waals surface area contributed by atoms with E-state index in [1.165, 1.54) is 98.4 Å². The summed E-state index contributed by atoms with van der Waals surface area (Å²) < 4.78 is 0. The summed E-state index contributed by atoms with van der Waals surface area (Å²) >= 11 is 0. The minimum Gasteiger partial charge on any atom is -0.309 e. The van der Waals surface area contributed by atoms with E-state index in [0.717, 1.165) is 17.1 Å². The summed E-state index contributed by atoms with van der Waals surface area (Å²) in [5.74, 6) is 0. The van der Waals surface area contributed by atoms with Gasteiger partial charge in [0.25, 0.3) is 0 Å². The monoisotopic (exact) mass is 799 g/mol. The van der Waals surface area contributed by atoms with Crippen molar-refractivity contribution in [1.29, 1.82) is 0 Å². The Morgan fingerprint density at radius 1 is 0.206 bits per heavy atom. The van der Waals surface area contributed by atoms with Gasteiger partial charge in [0.1, 0.15) is 0 Å². The summed E-state index contributed by atoms with van der Waals surface area (Å²) in [7, 11) is 0. The first-order valence-corrected chi connectivity index (χ1v) is 21.7. The first kappa shape index (κ1) is 36.6. The Morgan fingerprint density at radius 3 is 1.33 bits per heavy atom. The molecular formula is C62H41N. The minimum atomic E-state index is 1.09. The molecule has 63 heavy (non-hydrogen) atoms. The zero-order chi connectivity index (χ0) is 41.7. The minimum absolute atomic E-state index is 1.09. The van der Waals surface area contributed by atoms with Crippen LogP contribution >= 0.6 is 0 Å². The van der Waals surface area contributed by atoms with E-state index in [9.17, 15) is 0 Å². The molecule has 0 unspecified atom stereocenters. The van der Waals surface area contributed by atoms with E-state index >= 15 is 0 Å². The van der Waals surface area contributed by atoms with E-state index in [-0.39, 0.29) is 0 Å². The van der Waals surface area contributed by atoms with Crippen molar-refractivity contribution in [2.75, 3.05) is 4.90 Å². The number of hydrogen-bond acceptors (Lipinski definition) is 1. The highest BCUT2D eigenvalue weighted by Crippen LogP contribution is 2.50. The van der Waals surface area contributed by atoms with E-state index in [4.69, 9.17) is 0 Å². The van der Waals surface area contributed by atoms with Gasteiger partial charge in [0.05, 0.1) is 5.69 Å². The van der Waals surface area contributed by atoms with Crippen LogP contribution in [0, 0.1) is 0 Å². The molecule has 0 N–H and O–H groups in total. The maximum atomic E-state index is 2.49. The van der Waals surface area contributed by atoms with Gasteiger partial charge in [-0.3, -0.25) is 0 Å². The van der Waals surface area contributed by atoms with Crippen LogP contribution in [0.4, 0.5) is 17.1 Å². The fraction of sp³-hybridized carbons (Fsp3) is 0. The number of fused-ring (bicyclic) bond motifs is 7. The van der Waals surface area contributed by atoms with Crippen LogP contribution < -0.4 is 4.90 Å². The van der Waals surface area contributed by atoms with Crippen molar-refractivity contribution in [3.05, 3.63) is 249 Å². The lowest BCUT2D eigenvalue weighted by atomic mass is 9.88. The van der Waals surface area contributed by atoms with E-state index in [1.807, 2.05) is 0 Å². The second kappa shape index (κ2) is 15.3. The van der Waals surface area contributed by atoms with Gasteiger partial charge in [-0.2, -0.15) is 0 Å². The van der Waals surface area contributed by atoms with Crippen molar-refractivity contribution in [3.63, 3.8) is 0 Å². The summed E-state index contributed by atoms with van der Waals surface area (Å²) in [6.45, 7) is 0. The van der Waals surface area contributed by atoms with E-state index < -0.39 is 0 Å². The van der Waals surface area contributed by atoms with Gasteiger partial charge in [-0.1, -0.05) is 206 Å². The SMILES string of the molecule is c1ccc(-c2cccc(-c3c(N(c4ccc(-c5ccc6ccccc6c5)cc4)c4ccc(-c5ccc6ccc7ccccc7c6c5)cc4)c4ccccc4c4ccccc34)c2)cc1. The van der Waals surface area contributed by atoms with Gasteiger partial charge < -0.3 is 4.90 Å². The van der Waals surface area contributed by atoms with Crippen LogP contribution in [-0.2, 0) is 0 Å². The summed E-state index contributed by atoms with van der Waals surface area (Å²) in [5.41, 5.74) is 12.9. The molecule has 0 aliphatic heterocycles. The van der Waals surface area contributed by atoms with Crippen LogP contribution in [0.3, 0.4) is 0 Å². The number of rotatable bonds is 7. The third-order valence-electron chi connectivity index (χ3n) is 12.8. The molecule has 0 aromatic heterocycles. The van der Waals surface area contributed by atoms with Gasteiger partial charge in [-0.15, -0.1) is 0 Å². The molecular weight excluding hydrogens is 759 g/mol. The lowest BCUT2D eigenvalue weighted by molar-refractivity contribution is 1.30. The predicted molar refractivity (Wildman–Crippen MR) is 270 cm³/mol. The average molecular weight is 800 g/mol. The smallest absolute Gasteiger partial charge is 0.0624 e. The highest BCUT2D eigenvalue weighted by Gasteiger charge is 2.24. The summed E-state index contributed by atoms with van der Waals surface area (Å²) in [4.78, 5) is 2.49. The fourth-order valence-corrected chi connectivity index (χ4v) is 9.70. The van der Waals surface area contributed by atoms with Crippen molar-refractivity contribution < 1.29 is 0 Å². The van der Waals surface area contributed by atoms with E-state index in [0.29, 0.717) is 0 Å². The lowest BCUT2D eigenvalue weighted by Crippen LogP contribution is -2.12. The second-order valence-corrected chi connectivity index (χ2v) is 16.5. The highest BCUT2D eigenvalue weighted by atomic mass is 15.1. The van der Waals surface area contributed by atoms with E-state index in [1.54, 1.807) is 0 Å². The van der Waals surface area contributed by atoms with Crippen LogP contribution in [0.2, 0.25) is 0 Å². The lowest BCUT2D eigenvalue weighted by Gasteiger charge is -2.31. The standard InChI is InChI=1S/C62H41N/c1-2-13-42(14-3-1)49-18-12-19-52(40-49)61-58-23-10-8-21-56(58)57-22-9-11-24-59(57)62(61)63(53-35-31-44(32-36-53)50-29-25-43-15-4-5-17-48(43)39-50)54-37-33-45(34-38-54)51-30-28-47-27-26-46-16-6-7-20-55(46)60(47)41-51/h1-41H. The molecule has 0 aliphatic carbocycles. The van der Waals surface area contributed by atoms with Crippen LogP contribution in [0.15, 0.2) is 249 Å². The zero-order valence-corrected chi connectivity index (χ0v) is 34.6. The largest absolute Gasteiger partial charge is 0.309 e. The van der Waals surface area contributed by atoms with Gasteiger partial charge >= 0.3 is 0 Å². The average Bonchev–Trinajstić information content (AvgIpc) is 3.37. The summed E-state index contributed by atoms with van der Waals surface area (Å²) in [6.07, 6.45) is 0. The van der Waals surface area contributed by atoms with Crippen LogP contribution in [-0.4, -0.2) is 0 Å². The molecule has 0 atom stereocenters. The number of nitrogens with zero attached hydrogens (tertiary/aromatic N) is 1. The van der Waals surface area contributed by atoms with Gasteiger partial charge in [-0.25, -0.2) is 0 Å². The van der Waals surface area contributed by atoms with Crippen molar-refractivity contribution in [1.82, 2.24) is 0 Å². The number of anilines is 3. The molecule has 0 saturated heterocycles. The highest BCUT2D eigenvalue weighted by molar-refractivity contribution is 6.22. The molecule has 0 aliphatic rings. The topological polar surface area (TPSA) is 3.24 Å². The Bertz CT molecular complexity index is 3660. The Kier molecular flexibility index (Phi) is 8.90. The molecule has 1 nitrogen and oxygen atoms in total. The molecule has 0 heterocycles. The molecule has 0 saturated carbocycles. The normalized spacial score (nSPS) is 11.5. The van der Waals surface area contributed by atoms with Gasteiger partial charge in [0, 0.05) is 22.3 Å². The third-order valence-corrected chi connectivity index (χ3v) is 12.8. The van der Waals surface area contributed by atoms with Crippen LogP contribution in [0.1, 0.15) is 0 Å². The van der Waals surface area contributed by atoms with E-state index in [2.05, 4.69) is 254 Å². The van der Waals surface area contributed by atoms with Gasteiger partial charge in [-0.05, 0) is 130 Å². The second-order valence-electron chi connectivity index (χ2n) is 16.5. The Morgan fingerprint density at radius 2 is 0.635 bits per heavy atom. The first-order valence-electron chi connectivity index (χ1n) is 21.7. The van der Waals surface area contributed by atoms with Crippen molar-refractivity contribution in [3.8, 4) is 44.5 Å². The van der Waals surface area contributed by atoms with Crippen LogP contribution in [0.25, 0.3) is 98.4 Å². The first-order chi connectivity index (χ1) is 31.2. The molecule has 0 spiro atoms. The zero-order valence-electron chi connectivity index (χ0n) is 34.6. The Hall–Kier alpha value is -8.26. The molecule has 0 bridgehead atoms. The van der Waals surface area contributed by atoms with Gasteiger partial charge in [0.2, 0.25) is 0 Å². The predicted octanol–water partition coefficient (Wildman–Crippen LogP) is 17.6. The molecule has 0 fully saturated rings. The molecule has 12 aromatic carbocycles. The molecule has 0 radical (unpaired) electrons. The van der Waals surface area contributed by atoms with Crippen LogP contribution in [0.5, 0.6) is 0 Å². The Labute approximate surface area is 367 Å². The molecule has 0 amide bonds. The molecule has 294 valence electrons. The summed E-state index contributed by atoms with van der Waals surface area (Å²) in [6, 6.07) is 91.2. The van der Waals surface area contributed by atoms with Crippen molar-refractivity contribution >= 4 is 70.9 Å². The third kappa shape index (κ3) is 6.50. The van der Waals surface area contributed by atoms with Crippen molar-refractivity contribution in [2.45, 2.75) is 0 Å². The maximum absolute atomic E-state index is 2.49. The summed E-state index contributed by atoms with van der Waals surface area (Å²) in [5, 5.41) is 12.4.